The standard InChI is InChI=1S/C12H18N2O3/c1-2-8-13-11(17)14-9-12(10(15)16)6-4-3-5-7-12/h1H,3-9H2,(H,15,16)(H2,13,14,17). The molecule has 3 N–H and O–H groups in total. The van der Waals surface area contributed by atoms with Crippen LogP contribution in [-0.2, 0) is 4.79 Å². The van der Waals surface area contributed by atoms with E-state index in [-0.39, 0.29) is 13.1 Å². The third-order valence-corrected chi connectivity index (χ3v) is 3.20. The number of hydrogen-bond donors (Lipinski definition) is 3. The lowest BCUT2D eigenvalue weighted by Gasteiger charge is -2.33. The van der Waals surface area contributed by atoms with Gasteiger partial charge in [0, 0.05) is 6.54 Å². The first kappa shape index (κ1) is 13.4. The van der Waals surface area contributed by atoms with E-state index in [1.807, 2.05) is 0 Å². The van der Waals surface area contributed by atoms with E-state index in [0.29, 0.717) is 12.8 Å². The molecule has 0 bridgehead atoms. The highest BCUT2D eigenvalue weighted by Gasteiger charge is 2.39. The summed E-state index contributed by atoms with van der Waals surface area (Å²) in [6.45, 7) is 0.310. The fraction of sp³-hybridized carbons (Fsp3) is 0.667. The first-order valence-corrected chi connectivity index (χ1v) is 5.79. The molecule has 0 aromatic carbocycles. The molecule has 0 heterocycles. The molecular formula is C12H18N2O3. The lowest BCUT2D eigenvalue weighted by atomic mass is 9.74. The second kappa shape index (κ2) is 6.14. The van der Waals surface area contributed by atoms with Crippen molar-refractivity contribution in [2.24, 2.45) is 5.41 Å². The number of rotatable bonds is 4. The van der Waals surface area contributed by atoms with Gasteiger partial charge in [-0.25, -0.2) is 4.79 Å². The van der Waals surface area contributed by atoms with Gasteiger partial charge in [-0.1, -0.05) is 25.2 Å². The van der Waals surface area contributed by atoms with Gasteiger partial charge in [0.15, 0.2) is 0 Å². The molecular weight excluding hydrogens is 220 g/mol. The maximum Gasteiger partial charge on any atom is 0.315 e. The Bertz CT molecular complexity index is 327. The second-order valence-electron chi connectivity index (χ2n) is 4.39. The highest BCUT2D eigenvalue weighted by atomic mass is 16.4. The predicted octanol–water partition coefficient (Wildman–Crippen LogP) is 0.954. The highest BCUT2D eigenvalue weighted by molar-refractivity contribution is 5.78. The molecule has 1 rings (SSSR count). The van der Waals surface area contributed by atoms with E-state index in [0.717, 1.165) is 19.3 Å². The number of nitrogens with one attached hydrogen (secondary N) is 2. The lowest BCUT2D eigenvalue weighted by Crippen LogP contribution is -2.47. The van der Waals surface area contributed by atoms with Gasteiger partial charge in [0.25, 0.3) is 0 Å². The van der Waals surface area contributed by atoms with Crippen molar-refractivity contribution in [2.75, 3.05) is 13.1 Å². The summed E-state index contributed by atoms with van der Waals surface area (Å²) in [6, 6.07) is -0.408. The van der Waals surface area contributed by atoms with Crippen molar-refractivity contribution >= 4 is 12.0 Å². The van der Waals surface area contributed by atoms with E-state index < -0.39 is 17.4 Å². The number of terminal acetylenes is 1. The summed E-state index contributed by atoms with van der Waals surface area (Å²) in [7, 11) is 0. The average Bonchev–Trinajstić information content (AvgIpc) is 2.34. The molecule has 5 nitrogen and oxygen atoms in total. The molecule has 17 heavy (non-hydrogen) atoms. The molecule has 1 fully saturated rings. The van der Waals surface area contributed by atoms with E-state index in [2.05, 4.69) is 16.6 Å². The maximum atomic E-state index is 11.3. The Morgan fingerprint density at radius 3 is 2.41 bits per heavy atom. The average molecular weight is 238 g/mol. The van der Waals surface area contributed by atoms with Crippen molar-refractivity contribution < 1.29 is 14.7 Å². The first-order valence-electron chi connectivity index (χ1n) is 5.79. The SMILES string of the molecule is C#CCNC(=O)NCC1(C(=O)O)CCCCC1. The lowest BCUT2D eigenvalue weighted by molar-refractivity contribution is -0.150. The van der Waals surface area contributed by atoms with Crippen molar-refractivity contribution in [1.82, 2.24) is 10.6 Å². The minimum Gasteiger partial charge on any atom is -0.481 e. The van der Waals surface area contributed by atoms with Gasteiger partial charge in [-0.3, -0.25) is 4.79 Å². The molecule has 5 heteroatoms. The Kier molecular flexibility index (Phi) is 4.83. The van der Waals surface area contributed by atoms with Crippen LogP contribution in [0.3, 0.4) is 0 Å². The van der Waals surface area contributed by atoms with Crippen LogP contribution in [0.4, 0.5) is 4.79 Å². The molecule has 0 unspecified atom stereocenters. The number of carboxylic acids is 1. The van der Waals surface area contributed by atoms with Crippen LogP contribution in [0.15, 0.2) is 0 Å². The van der Waals surface area contributed by atoms with Crippen molar-refractivity contribution in [3.05, 3.63) is 0 Å². The summed E-state index contributed by atoms with van der Waals surface area (Å²) in [5.74, 6) is 1.46. The topological polar surface area (TPSA) is 78.4 Å². The van der Waals surface area contributed by atoms with Crippen LogP contribution < -0.4 is 10.6 Å². The van der Waals surface area contributed by atoms with Gasteiger partial charge in [0.05, 0.1) is 12.0 Å². The van der Waals surface area contributed by atoms with Crippen molar-refractivity contribution in [2.45, 2.75) is 32.1 Å². The fourth-order valence-corrected chi connectivity index (χ4v) is 2.14. The zero-order valence-corrected chi connectivity index (χ0v) is 9.79. The molecule has 0 aromatic heterocycles. The van der Waals surface area contributed by atoms with E-state index in [9.17, 15) is 14.7 Å². The second-order valence-corrected chi connectivity index (χ2v) is 4.39. The summed E-state index contributed by atoms with van der Waals surface area (Å²) < 4.78 is 0. The smallest absolute Gasteiger partial charge is 0.315 e. The van der Waals surface area contributed by atoms with Crippen LogP contribution in [0, 0.1) is 17.8 Å². The number of aliphatic carboxylic acids is 1. The molecule has 1 aliphatic carbocycles. The van der Waals surface area contributed by atoms with Gasteiger partial charge < -0.3 is 15.7 Å². The van der Waals surface area contributed by atoms with E-state index in [1.54, 1.807) is 0 Å². The van der Waals surface area contributed by atoms with Gasteiger partial charge >= 0.3 is 12.0 Å². The summed E-state index contributed by atoms with van der Waals surface area (Å²) in [4.78, 5) is 22.6. The van der Waals surface area contributed by atoms with Crippen molar-refractivity contribution in [1.29, 1.82) is 0 Å². The van der Waals surface area contributed by atoms with Gasteiger partial charge in [0.1, 0.15) is 0 Å². The minimum atomic E-state index is -0.825. The molecule has 0 aliphatic heterocycles. The number of carbonyl (C=O) groups is 2. The molecule has 2 amide bonds. The third kappa shape index (κ3) is 3.66. The van der Waals surface area contributed by atoms with Crippen LogP contribution in [0.25, 0.3) is 0 Å². The first-order chi connectivity index (χ1) is 8.10. The molecule has 0 spiro atoms. The Morgan fingerprint density at radius 2 is 1.88 bits per heavy atom. The normalized spacial score (nSPS) is 17.8. The van der Waals surface area contributed by atoms with Gasteiger partial charge in [-0.15, -0.1) is 6.42 Å². The Morgan fingerprint density at radius 1 is 1.24 bits per heavy atom. The highest BCUT2D eigenvalue weighted by Crippen LogP contribution is 2.35. The Labute approximate surface area is 101 Å². The summed E-state index contributed by atoms with van der Waals surface area (Å²) >= 11 is 0. The van der Waals surface area contributed by atoms with E-state index in [1.165, 1.54) is 0 Å². The summed E-state index contributed by atoms with van der Waals surface area (Å²) in [5.41, 5.74) is -0.800. The monoisotopic (exact) mass is 238 g/mol. The summed E-state index contributed by atoms with van der Waals surface area (Å²) in [6.07, 6.45) is 9.12. The quantitative estimate of drug-likeness (QED) is 0.638. The molecule has 1 saturated carbocycles. The van der Waals surface area contributed by atoms with E-state index in [4.69, 9.17) is 6.42 Å². The largest absolute Gasteiger partial charge is 0.481 e. The third-order valence-electron chi connectivity index (χ3n) is 3.20. The fourth-order valence-electron chi connectivity index (χ4n) is 2.14. The summed E-state index contributed by atoms with van der Waals surface area (Å²) in [5, 5.41) is 14.3. The van der Waals surface area contributed by atoms with E-state index >= 15 is 0 Å². The van der Waals surface area contributed by atoms with Crippen LogP contribution in [0.5, 0.6) is 0 Å². The van der Waals surface area contributed by atoms with Gasteiger partial charge in [-0.05, 0) is 12.8 Å². The van der Waals surface area contributed by atoms with Crippen molar-refractivity contribution in [3.63, 3.8) is 0 Å². The van der Waals surface area contributed by atoms with Crippen LogP contribution in [0.1, 0.15) is 32.1 Å². The maximum absolute atomic E-state index is 11.3. The van der Waals surface area contributed by atoms with Gasteiger partial charge in [-0.2, -0.15) is 0 Å². The molecule has 0 radical (unpaired) electrons. The molecule has 1 aliphatic rings. The number of urea groups is 1. The minimum absolute atomic E-state index is 0.145. The number of carboxylic acid groups (broad SMARTS) is 1. The van der Waals surface area contributed by atoms with Gasteiger partial charge in [0.2, 0.25) is 0 Å². The Balaban J connectivity index is 2.48. The number of hydrogen-bond acceptors (Lipinski definition) is 2. The zero-order valence-electron chi connectivity index (χ0n) is 9.79. The van der Waals surface area contributed by atoms with Crippen LogP contribution in [-0.4, -0.2) is 30.2 Å². The van der Waals surface area contributed by atoms with Crippen molar-refractivity contribution in [3.8, 4) is 12.3 Å². The molecule has 94 valence electrons. The zero-order chi connectivity index (χ0) is 12.7. The molecule has 0 saturated heterocycles. The van der Waals surface area contributed by atoms with Crippen LogP contribution >= 0.6 is 0 Å². The molecule has 0 aromatic rings. The Hall–Kier alpha value is -1.70. The predicted molar refractivity (Wildman–Crippen MR) is 63.4 cm³/mol. The van der Waals surface area contributed by atoms with Crippen LogP contribution in [0.2, 0.25) is 0 Å². The number of carbonyl (C=O) groups excluding carboxylic acids is 1. The number of amides is 2. The molecule has 0 atom stereocenters.